The Balaban J connectivity index is 2.34. The quantitative estimate of drug-likeness (QED) is 0.876. The van der Waals surface area contributed by atoms with E-state index in [1.54, 1.807) is 0 Å². The third kappa shape index (κ3) is 2.60. The molecule has 2 aromatic rings. The van der Waals surface area contributed by atoms with Crippen molar-refractivity contribution in [2.45, 2.75) is 39.5 Å². The van der Waals surface area contributed by atoms with Gasteiger partial charge < -0.3 is 9.72 Å². The third-order valence-electron chi connectivity index (χ3n) is 2.80. The van der Waals surface area contributed by atoms with E-state index in [-0.39, 0.29) is 5.41 Å². The summed E-state index contributed by atoms with van der Waals surface area (Å²) in [7, 11) is 0. The number of nitrogens with zero attached hydrogens (tertiary/aromatic N) is 2. The summed E-state index contributed by atoms with van der Waals surface area (Å²) in [6.07, 6.45) is 5.36. The molecule has 2 rings (SSSR count). The molecular formula is C14H21N3. The largest absolute Gasteiger partial charge is 0.384 e. The fourth-order valence-electron chi connectivity index (χ4n) is 1.73. The summed E-state index contributed by atoms with van der Waals surface area (Å²) in [5.41, 5.74) is 3.39. The predicted molar refractivity (Wildman–Crippen MR) is 72.7 cm³/mol. The molecule has 0 bridgehead atoms. The molecule has 0 aliphatic heterocycles. The number of hydrogen-bond donors (Lipinski definition) is 1. The number of nitrogens with one attached hydrogen (secondary N) is 1. The van der Waals surface area contributed by atoms with Crippen molar-refractivity contribution in [3.63, 3.8) is 0 Å². The van der Waals surface area contributed by atoms with Gasteiger partial charge in [0.1, 0.15) is 5.65 Å². The smallest absolute Gasteiger partial charge is 0.137 e. The monoisotopic (exact) mass is 231 g/mol. The lowest BCUT2D eigenvalue weighted by atomic mass is 9.93. The molecule has 0 radical (unpaired) electrons. The molecule has 2 heterocycles. The summed E-state index contributed by atoms with van der Waals surface area (Å²) >= 11 is 0. The second-order valence-corrected chi connectivity index (χ2v) is 5.49. The van der Waals surface area contributed by atoms with E-state index in [2.05, 4.69) is 66.9 Å². The molecule has 0 fully saturated rings. The van der Waals surface area contributed by atoms with Crippen LogP contribution in [0.1, 0.15) is 39.8 Å². The van der Waals surface area contributed by atoms with Gasteiger partial charge in [-0.05, 0) is 18.6 Å². The van der Waals surface area contributed by atoms with E-state index in [0.717, 1.165) is 30.0 Å². The SMILES string of the molecule is CCCNc1ccc2nc(C(C)(C)C)cn2c1. The van der Waals surface area contributed by atoms with Gasteiger partial charge in [-0.25, -0.2) is 4.98 Å². The lowest BCUT2D eigenvalue weighted by Gasteiger charge is -2.13. The fourth-order valence-corrected chi connectivity index (χ4v) is 1.73. The summed E-state index contributed by atoms with van der Waals surface area (Å²) in [6, 6.07) is 4.15. The van der Waals surface area contributed by atoms with Crippen LogP contribution in [0.4, 0.5) is 5.69 Å². The van der Waals surface area contributed by atoms with Gasteiger partial charge in [0.05, 0.1) is 11.4 Å². The minimum Gasteiger partial charge on any atom is -0.384 e. The van der Waals surface area contributed by atoms with Crippen molar-refractivity contribution in [2.24, 2.45) is 0 Å². The standard InChI is InChI=1S/C14H21N3/c1-5-8-15-11-6-7-13-16-12(14(2,3)4)10-17(13)9-11/h6-7,9-10,15H,5,8H2,1-4H3. The van der Waals surface area contributed by atoms with E-state index < -0.39 is 0 Å². The van der Waals surface area contributed by atoms with Crippen LogP contribution in [0.15, 0.2) is 24.5 Å². The van der Waals surface area contributed by atoms with Crippen LogP contribution in [0.2, 0.25) is 0 Å². The molecular weight excluding hydrogens is 210 g/mol. The summed E-state index contributed by atoms with van der Waals surface area (Å²) in [5, 5.41) is 3.39. The zero-order valence-electron chi connectivity index (χ0n) is 11.1. The van der Waals surface area contributed by atoms with Crippen LogP contribution in [0, 0.1) is 0 Å². The number of aromatic nitrogens is 2. The van der Waals surface area contributed by atoms with E-state index in [1.807, 2.05) is 0 Å². The molecule has 0 aromatic carbocycles. The first kappa shape index (κ1) is 12.0. The molecule has 3 nitrogen and oxygen atoms in total. The van der Waals surface area contributed by atoms with E-state index in [0.29, 0.717) is 0 Å². The molecule has 0 atom stereocenters. The van der Waals surface area contributed by atoms with E-state index >= 15 is 0 Å². The summed E-state index contributed by atoms with van der Waals surface area (Å²) in [6.45, 7) is 9.73. The Labute approximate surface area is 103 Å². The fraction of sp³-hybridized carbons (Fsp3) is 0.500. The van der Waals surface area contributed by atoms with Crippen LogP contribution in [0.25, 0.3) is 5.65 Å². The van der Waals surface area contributed by atoms with Crippen molar-refractivity contribution in [2.75, 3.05) is 11.9 Å². The third-order valence-corrected chi connectivity index (χ3v) is 2.80. The molecule has 17 heavy (non-hydrogen) atoms. The number of anilines is 1. The van der Waals surface area contributed by atoms with Gasteiger partial charge in [-0.2, -0.15) is 0 Å². The number of imidazole rings is 1. The normalized spacial score (nSPS) is 12.0. The van der Waals surface area contributed by atoms with E-state index in [4.69, 9.17) is 0 Å². The maximum Gasteiger partial charge on any atom is 0.137 e. The summed E-state index contributed by atoms with van der Waals surface area (Å²) < 4.78 is 2.10. The number of fused-ring (bicyclic) bond motifs is 1. The lowest BCUT2D eigenvalue weighted by Crippen LogP contribution is -2.11. The van der Waals surface area contributed by atoms with Crippen molar-refractivity contribution in [1.82, 2.24) is 9.38 Å². The summed E-state index contributed by atoms with van der Waals surface area (Å²) in [4.78, 5) is 4.64. The van der Waals surface area contributed by atoms with Gasteiger partial charge in [0.15, 0.2) is 0 Å². The van der Waals surface area contributed by atoms with Crippen LogP contribution in [-0.2, 0) is 5.41 Å². The van der Waals surface area contributed by atoms with Gasteiger partial charge >= 0.3 is 0 Å². The molecule has 92 valence electrons. The first-order valence-electron chi connectivity index (χ1n) is 6.24. The van der Waals surface area contributed by atoms with Crippen LogP contribution in [-0.4, -0.2) is 15.9 Å². The van der Waals surface area contributed by atoms with Crippen molar-refractivity contribution >= 4 is 11.3 Å². The molecule has 0 saturated heterocycles. The van der Waals surface area contributed by atoms with Gasteiger partial charge in [0.25, 0.3) is 0 Å². The van der Waals surface area contributed by atoms with Gasteiger partial charge in [-0.1, -0.05) is 27.7 Å². The van der Waals surface area contributed by atoms with Crippen molar-refractivity contribution in [3.05, 3.63) is 30.2 Å². The Hall–Kier alpha value is -1.51. The molecule has 0 aliphatic carbocycles. The number of rotatable bonds is 3. The van der Waals surface area contributed by atoms with Crippen LogP contribution in [0.3, 0.4) is 0 Å². The Morgan fingerprint density at radius 3 is 2.65 bits per heavy atom. The molecule has 3 heteroatoms. The van der Waals surface area contributed by atoms with Crippen LogP contribution >= 0.6 is 0 Å². The predicted octanol–water partition coefficient (Wildman–Crippen LogP) is 3.45. The van der Waals surface area contributed by atoms with Gasteiger partial charge in [0.2, 0.25) is 0 Å². The lowest BCUT2D eigenvalue weighted by molar-refractivity contribution is 0.573. The van der Waals surface area contributed by atoms with Crippen LogP contribution in [0.5, 0.6) is 0 Å². The highest BCUT2D eigenvalue weighted by Gasteiger charge is 2.17. The maximum atomic E-state index is 4.64. The van der Waals surface area contributed by atoms with Crippen molar-refractivity contribution in [3.8, 4) is 0 Å². The van der Waals surface area contributed by atoms with Crippen LogP contribution < -0.4 is 5.32 Å². The first-order valence-corrected chi connectivity index (χ1v) is 6.24. The van der Waals surface area contributed by atoms with Gasteiger partial charge in [-0.3, -0.25) is 0 Å². The Kier molecular flexibility index (Phi) is 3.09. The highest BCUT2D eigenvalue weighted by molar-refractivity contribution is 5.51. The highest BCUT2D eigenvalue weighted by atomic mass is 15.0. The molecule has 0 unspecified atom stereocenters. The zero-order chi connectivity index (χ0) is 12.5. The first-order chi connectivity index (χ1) is 8.00. The Morgan fingerprint density at radius 2 is 2.00 bits per heavy atom. The van der Waals surface area contributed by atoms with Gasteiger partial charge in [0, 0.05) is 24.4 Å². The average molecular weight is 231 g/mol. The van der Waals surface area contributed by atoms with Gasteiger partial charge in [-0.15, -0.1) is 0 Å². The summed E-state index contributed by atoms with van der Waals surface area (Å²) in [5.74, 6) is 0. The average Bonchev–Trinajstić information content (AvgIpc) is 2.68. The van der Waals surface area contributed by atoms with Crippen molar-refractivity contribution < 1.29 is 0 Å². The highest BCUT2D eigenvalue weighted by Crippen LogP contribution is 2.22. The zero-order valence-corrected chi connectivity index (χ0v) is 11.1. The number of hydrogen-bond acceptors (Lipinski definition) is 2. The minimum atomic E-state index is 0.100. The topological polar surface area (TPSA) is 29.3 Å². The number of pyridine rings is 1. The second-order valence-electron chi connectivity index (χ2n) is 5.49. The van der Waals surface area contributed by atoms with E-state index in [1.165, 1.54) is 0 Å². The molecule has 0 amide bonds. The Bertz CT molecular complexity index is 506. The molecule has 1 N–H and O–H groups in total. The second kappa shape index (κ2) is 4.40. The van der Waals surface area contributed by atoms with Crippen molar-refractivity contribution in [1.29, 1.82) is 0 Å². The maximum absolute atomic E-state index is 4.64. The van der Waals surface area contributed by atoms with E-state index in [9.17, 15) is 0 Å². The Morgan fingerprint density at radius 1 is 1.24 bits per heavy atom. The molecule has 0 spiro atoms. The minimum absolute atomic E-state index is 0.100. The molecule has 0 saturated carbocycles. The molecule has 0 aliphatic rings. The molecule has 2 aromatic heterocycles.